The van der Waals surface area contributed by atoms with Gasteiger partial charge >= 0.3 is 0 Å². The molecule has 1 aliphatic heterocycles. The average Bonchev–Trinajstić information content (AvgIpc) is 2.49. The fourth-order valence-electron chi connectivity index (χ4n) is 2.99. The molecule has 0 spiro atoms. The number of para-hydroxylation sites is 1. The van der Waals surface area contributed by atoms with Crippen LogP contribution in [0.3, 0.4) is 0 Å². The van der Waals surface area contributed by atoms with Crippen molar-refractivity contribution in [1.82, 2.24) is 10.2 Å². The summed E-state index contributed by atoms with van der Waals surface area (Å²) in [7, 11) is 0. The highest BCUT2D eigenvalue weighted by Crippen LogP contribution is 2.22. The molecule has 1 fully saturated rings. The van der Waals surface area contributed by atoms with E-state index >= 15 is 0 Å². The summed E-state index contributed by atoms with van der Waals surface area (Å²) in [5.41, 5.74) is 2.85. The molecule has 1 aromatic rings. The van der Waals surface area contributed by atoms with Gasteiger partial charge in [-0.15, -0.1) is 0 Å². The molecule has 2 rings (SSSR count). The summed E-state index contributed by atoms with van der Waals surface area (Å²) in [6, 6.07) is 8.87. The molecule has 1 N–H and O–H groups in total. The van der Waals surface area contributed by atoms with Crippen LogP contribution in [0.2, 0.25) is 0 Å². The summed E-state index contributed by atoms with van der Waals surface area (Å²) in [4.78, 5) is 5.13. The van der Waals surface area contributed by atoms with Crippen molar-refractivity contribution in [2.45, 2.75) is 33.7 Å². The fourth-order valence-corrected chi connectivity index (χ4v) is 2.99. The zero-order chi connectivity index (χ0) is 15.1. The molecule has 0 aliphatic carbocycles. The Hall–Kier alpha value is -1.06. The summed E-state index contributed by atoms with van der Waals surface area (Å²) < 4.78 is 0. The van der Waals surface area contributed by atoms with E-state index in [0.29, 0.717) is 5.92 Å². The van der Waals surface area contributed by atoms with Crippen molar-refractivity contribution < 1.29 is 0 Å². The van der Waals surface area contributed by atoms with Gasteiger partial charge in [-0.05, 0) is 37.1 Å². The molecule has 1 saturated heterocycles. The third-order valence-corrected chi connectivity index (χ3v) is 4.11. The molecule has 21 heavy (non-hydrogen) atoms. The van der Waals surface area contributed by atoms with Gasteiger partial charge in [0.15, 0.2) is 0 Å². The maximum absolute atomic E-state index is 3.57. The monoisotopic (exact) mass is 289 g/mol. The highest BCUT2D eigenvalue weighted by molar-refractivity contribution is 5.54. The van der Waals surface area contributed by atoms with Crippen LogP contribution in [0.15, 0.2) is 24.3 Å². The molecule has 0 atom stereocenters. The van der Waals surface area contributed by atoms with Crippen LogP contribution >= 0.6 is 0 Å². The number of nitrogens with zero attached hydrogens (tertiary/aromatic N) is 2. The first-order valence-electron chi connectivity index (χ1n) is 8.46. The van der Waals surface area contributed by atoms with E-state index in [1.807, 2.05) is 0 Å². The summed E-state index contributed by atoms with van der Waals surface area (Å²) >= 11 is 0. The largest absolute Gasteiger partial charge is 0.369 e. The van der Waals surface area contributed by atoms with E-state index in [1.54, 1.807) is 0 Å². The minimum absolute atomic E-state index is 0.703. The lowest BCUT2D eigenvalue weighted by Gasteiger charge is -2.37. The number of benzene rings is 1. The normalized spacial score (nSPS) is 16.7. The maximum Gasteiger partial charge on any atom is 0.0412 e. The SMILES string of the molecule is CCCN1CCN(c2ccccc2CNCC(C)C)CC1. The molecule has 3 heteroatoms. The van der Waals surface area contributed by atoms with E-state index in [0.717, 1.165) is 26.2 Å². The van der Waals surface area contributed by atoms with Gasteiger partial charge in [0.25, 0.3) is 0 Å². The third kappa shape index (κ3) is 5.01. The Morgan fingerprint density at radius 1 is 1.10 bits per heavy atom. The molecule has 0 radical (unpaired) electrons. The van der Waals surface area contributed by atoms with Gasteiger partial charge in [0.2, 0.25) is 0 Å². The Morgan fingerprint density at radius 3 is 2.48 bits per heavy atom. The van der Waals surface area contributed by atoms with E-state index in [2.05, 4.69) is 60.2 Å². The van der Waals surface area contributed by atoms with E-state index < -0.39 is 0 Å². The van der Waals surface area contributed by atoms with Crippen LogP contribution < -0.4 is 10.2 Å². The highest BCUT2D eigenvalue weighted by Gasteiger charge is 2.18. The minimum atomic E-state index is 0.703. The molecule has 118 valence electrons. The van der Waals surface area contributed by atoms with Crippen molar-refractivity contribution in [1.29, 1.82) is 0 Å². The first kappa shape index (κ1) is 16.3. The van der Waals surface area contributed by atoms with Gasteiger partial charge in [-0.25, -0.2) is 0 Å². The number of piperazine rings is 1. The zero-order valence-electron chi connectivity index (χ0n) is 13.9. The Labute approximate surface area is 130 Å². The average molecular weight is 289 g/mol. The minimum Gasteiger partial charge on any atom is -0.369 e. The zero-order valence-corrected chi connectivity index (χ0v) is 13.9. The second-order valence-electron chi connectivity index (χ2n) is 6.48. The standard InChI is InChI=1S/C18H31N3/c1-4-9-20-10-12-21(13-11-20)18-8-6-5-7-17(18)15-19-14-16(2)3/h5-8,16,19H,4,9-15H2,1-3H3. The van der Waals surface area contributed by atoms with Gasteiger partial charge in [0.05, 0.1) is 0 Å². The van der Waals surface area contributed by atoms with Gasteiger partial charge in [0, 0.05) is 38.4 Å². The molecular formula is C18H31N3. The van der Waals surface area contributed by atoms with Crippen LogP contribution in [0.5, 0.6) is 0 Å². The first-order chi connectivity index (χ1) is 10.2. The summed E-state index contributed by atoms with van der Waals surface area (Å²) in [6.45, 7) is 14.8. The Bertz CT molecular complexity index is 409. The van der Waals surface area contributed by atoms with Gasteiger partial charge in [-0.1, -0.05) is 39.0 Å². The third-order valence-electron chi connectivity index (χ3n) is 4.11. The van der Waals surface area contributed by atoms with Crippen molar-refractivity contribution in [3.63, 3.8) is 0 Å². The number of anilines is 1. The number of rotatable bonds is 7. The van der Waals surface area contributed by atoms with Crippen LogP contribution in [0.4, 0.5) is 5.69 Å². The summed E-state index contributed by atoms with van der Waals surface area (Å²) in [5.74, 6) is 0.703. The van der Waals surface area contributed by atoms with Gasteiger partial charge in [-0.2, -0.15) is 0 Å². The molecule has 0 unspecified atom stereocenters. The van der Waals surface area contributed by atoms with Crippen LogP contribution in [0.1, 0.15) is 32.8 Å². The molecule has 0 saturated carbocycles. The lowest BCUT2D eigenvalue weighted by molar-refractivity contribution is 0.258. The van der Waals surface area contributed by atoms with Crippen LogP contribution in [0, 0.1) is 5.92 Å². The molecule has 0 amide bonds. The molecule has 1 aliphatic rings. The molecule has 0 bridgehead atoms. The Morgan fingerprint density at radius 2 is 1.81 bits per heavy atom. The molecule has 3 nitrogen and oxygen atoms in total. The van der Waals surface area contributed by atoms with E-state index in [-0.39, 0.29) is 0 Å². The van der Waals surface area contributed by atoms with Gasteiger partial charge in [-0.3, -0.25) is 4.90 Å². The lowest BCUT2D eigenvalue weighted by atomic mass is 10.1. The Kier molecular flexibility index (Phi) is 6.52. The summed E-state index contributed by atoms with van der Waals surface area (Å²) in [6.07, 6.45) is 1.26. The van der Waals surface area contributed by atoms with E-state index in [1.165, 1.54) is 37.3 Å². The predicted octanol–water partition coefficient (Wildman–Crippen LogP) is 2.96. The quantitative estimate of drug-likeness (QED) is 0.832. The second kappa shape index (κ2) is 8.40. The van der Waals surface area contributed by atoms with Crippen LogP contribution in [-0.2, 0) is 6.54 Å². The molecule has 1 heterocycles. The predicted molar refractivity (Wildman–Crippen MR) is 91.9 cm³/mol. The topological polar surface area (TPSA) is 18.5 Å². The smallest absolute Gasteiger partial charge is 0.0412 e. The number of hydrogen-bond acceptors (Lipinski definition) is 3. The van der Waals surface area contributed by atoms with Crippen LogP contribution in [0.25, 0.3) is 0 Å². The summed E-state index contributed by atoms with van der Waals surface area (Å²) in [5, 5.41) is 3.57. The van der Waals surface area contributed by atoms with E-state index in [4.69, 9.17) is 0 Å². The van der Waals surface area contributed by atoms with Gasteiger partial charge in [0.1, 0.15) is 0 Å². The highest BCUT2D eigenvalue weighted by atomic mass is 15.3. The van der Waals surface area contributed by atoms with Crippen molar-refractivity contribution in [3.05, 3.63) is 29.8 Å². The molecule has 0 aromatic heterocycles. The fraction of sp³-hybridized carbons (Fsp3) is 0.667. The van der Waals surface area contributed by atoms with Gasteiger partial charge < -0.3 is 10.2 Å². The van der Waals surface area contributed by atoms with Crippen molar-refractivity contribution in [3.8, 4) is 0 Å². The number of hydrogen-bond donors (Lipinski definition) is 1. The maximum atomic E-state index is 3.57. The Balaban J connectivity index is 1.93. The number of nitrogens with one attached hydrogen (secondary N) is 1. The van der Waals surface area contributed by atoms with Crippen molar-refractivity contribution in [2.24, 2.45) is 5.92 Å². The van der Waals surface area contributed by atoms with Crippen molar-refractivity contribution in [2.75, 3.05) is 44.2 Å². The molecular weight excluding hydrogens is 258 g/mol. The lowest BCUT2D eigenvalue weighted by Crippen LogP contribution is -2.46. The van der Waals surface area contributed by atoms with Crippen molar-refractivity contribution >= 4 is 5.69 Å². The first-order valence-corrected chi connectivity index (χ1v) is 8.46. The molecule has 1 aromatic carbocycles. The van der Waals surface area contributed by atoms with Crippen LogP contribution in [-0.4, -0.2) is 44.2 Å². The second-order valence-corrected chi connectivity index (χ2v) is 6.48. The van der Waals surface area contributed by atoms with E-state index in [9.17, 15) is 0 Å².